The zero-order valence-electron chi connectivity index (χ0n) is 14.9. The van der Waals surface area contributed by atoms with Crippen molar-refractivity contribution in [2.24, 2.45) is 0 Å². The van der Waals surface area contributed by atoms with Crippen molar-refractivity contribution >= 4 is 12.0 Å². The Bertz CT molecular complexity index is 654. The van der Waals surface area contributed by atoms with Gasteiger partial charge in [0.05, 0.1) is 12.6 Å². The molecule has 2 aliphatic heterocycles. The van der Waals surface area contributed by atoms with E-state index in [-0.39, 0.29) is 11.8 Å². The van der Waals surface area contributed by atoms with Crippen molar-refractivity contribution in [1.82, 2.24) is 20.0 Å². The summed E-state index contributed by atoms with van der Waals surface area (Å²) in [6, 6.07) is -0.721. The number of nitrogens with zero attached hydrogens (tertiary/aromatic N) is 4. The van der Waals surface area contributed by atoms with Crippen LogP contribution >= 0.6 is 0 Å². The summed E-state index contributed by atoms with van der Waals surface area (Å²) >= 11 is 0. The number of ether oxygens (including phenoxy) is 1. The van der Waals surface area contributed by atoms with Crippen molar-refractivity contribution in [3.63, 3.8) is 0 Å². The molecule has 3 atom stereocenters. The molecular weight excluding hydrogens is 328 g/mol. The summed E-state index contributed by atoms with van der Waals surface area (Å²) < 4.78 is 10.6. The van der Waals surface area contributed by atoms with E-state index in [4.69, 9.17) is 9.15 Å². The highest BCUT2D eigenvalue weighted by atomic mass is 16.6. The van der Waals surface area contributed by atoms with E-state index in [0.29, 0.717) is 19.5 Å². The molecule has 1 aromatic heterocycles. The number of hydrogen-bond donors (Lipinski definition) is 1. The third-order valence-corrected chi connectivity index (χ3v) is 4.62. The molecule has 2 fully saturated rings. The Morgan fingerprint density at radius 3 is 2.72 bits per heavy atom. The van der Waals surface area contributed by atoms with Crippen molar-refractivity contribution in [3.8, 4) is 0 Å². The van der Waals surface area contributed by atoms with Crippen molar-refractivity contribution < 1.29 is 23.8 Å². The molecule has 9 heteroatoms. The van der Waals surface area contributed by atoms with Crippen molar-refractivity contribution in [2.45, 2.75) is 63.8 Å². The Balaban J connectivity index is 1.79. The summed E-state index contributed by atoms with van der Waals surface area (Å²) in [5.41, 5.74) is -1.52. The maximum absolute atomic E-state index is 13.0. The SMILES string of the molecule is CC(O)C(c1nnco1)N1CC2(CCCN2C(=O)OC(C)(C)C)C1=O. The summed E-state index contributed by atoms with van der Waals surface area (Å²) in [6.07, 6.45) is 1.12. The maximum Gasteiger partial charge on any atom is 0.411 e. The summed E-state index contributed by atoms with van der Waals surface area (Å²) in [4.78, 5) is 28.5. The maximum atomic E-state index is 13.0. The monoisotopic (exact) mass is 352 g/mol. The van der Waals surface area contributed by atoms with Crippen LogP contribution in [0.3, 0.4) is 0 Å². The number of carbonyl (C=O) groups excluding carboxylic acids is 2. The first-order valence-electron chi connectivity index (χ1n) is 8.41. The number of aliphatic hydroxyl groups excluding tert-OH is 1. The van der Waals surface area contributed by atoms with Gasteiger partial charge in [0.1, 0.15) is 17.2 Å². The molecule has 2 saturated heterocycles. The summed E-state index contributed by atoms with van der Waals surface area (Å²) in [5.74, 6) is -0.0417. The van der Waals surface area contributed by atoms with Gasteiger partial charge < -0.3 is 19.2 Å². The first kappa shape index (κ1) is 17.7. The fraction of sp³-hybridized carbons (Fsp3) is 0.750. The molecule has 0 bridgehead atoms. The number of β-lactam (4-membered cyclic amide) rings is 1. The van der Waals surface area contributed by atoms with Crippen LogP contribution in [0.15, 0.2) is 10.8 Å². The lowest BCUT2D eigenvalue weighted by Crippen LogP contribution is -2.74. The van der Waals surface area contributed by atoms with E-state index < -0.39 is 29.4 Å². The minimum atomic E-state index is -0.893. The van der Waals surface area contributed by atoms with Gasteiger partial charge in [-0.25, -0.2) is 4.79 Å². The van der Waals surface area contributed by atoms with Gasteiger partial charge in [0, 0.05) is 6.54 Å². The predicted octanol–water partition coefficient (Wildman–Crippen LogP) is 1.10. The molecule has 9 nitrogen and oxygen atoms in total. The molecule has 1 aromatic rings. The molecule has 0 aliphatic carbocycles. The smallest absolute Gasteiger partial charge is 0.411 e. The topological polar surface area (TPSA) is 109 Å². The number of likely N-dealkylation sites (tertiary alicyclic amines) is 2. The van der Waals surface area contributed by atoms with Crippen LogP contribution in [-0.4, -0.2) is 67.4 Å². The van der Waals surface area contributed by atoms with Crippen molar-refractivity contribution in [1.29, 1.82) is 0 Å². The highest BCUT2D eigenvalue weighted by Crippen LogP contribution is 2.44. The zero-order chi connectivity index (χ0) is 18.4. The van der Waals surface area contributed by atoms with Crippen LogP contribution in [0, 0.1) is 0 Å². The molecule has 3 rings (SSSR count). The Morgan fingerprint density at radius 2 is 2.20 bits per heavy atom. The Kier molecular flexibility index (Phi) is 4.22. The molecule has 0 radical (unpaired) electrons. The number of aliphatic hydroxyl groups is 1. The average Bonchev–Trinajstić information content (AvgIpc) is 3.14. The van der Waals surface area contributed by atoms with Gasteiger partial charge in [0.15, 0.2) is 0 Å². The zero-order valence-corrected chi connectivity index (χ0v) is 14.9. The van der Waals surface area contributed by atoms with Crippen LogP contribution in [0.5, 0.6) is 0 Å². The number of aromatic nitrogens is 2. The molecule has 25 heavy (non-hydrogen) atoms. The lowest BCUT2D eigenvalue weighted by atomic mass is 9.83. The second-order valence-corrected chi connectivity index (χ2v) is 7.66. The van der Waals surface area contributed by atoms with Gasteiger partial charge in [-0.15, -0.1) is 10.2 Å². The van der Waals surface area contributed by atoms with E-state index in [9.17, 15) is 14.7 Å². The molecule has 0 aromatic carbocycles. The molecule has 3 unspecified atom stereocenters. The van der Waals surface area contributed by atoms with Gasteiger partial charge in [0.2, 0.25) is 12.3 Å². The van der Waals surface area contributed by atoms with E-state index in [1.54, 1.807) is 27.7 Å². The molecule has 2 aliphatic rings. The van der Waals surface area contributed by atoms with Gasteiger partial charge >= 0.3 is 6.09 Å². The van der Waals surface area contributed by atoms with Crippen molar-refractivity contribution in [3.05, 3.63) is 12.3 Å². The van der Waals surface area contributed by atoms with E-state index in [1.165, 1.54) is 9.80 Å². The second-order valence-electron chi connectivity index (χ2n) is 7.66. The predicted molar refractivity (Wildman–Crippen MR) is 85.3 cm³/mol. The quantitative estimate of drug-likeness (QED) is 0.811. The van der Waals surface area contributed by atoms with Gasteiger partial charge in [-0.1, -0.05) is 0 Å². The average molecular weight is 352 g/mol. The fourth-order valence-electron chi connectivity index (χ4n) is 3.58. The number of hydrogen-bond acceptors (Lipinski definition) is 7. The van der Waals surface area contributed by atoms with Crippen LogP contribution in [0.1, 0.15) is 52.5 Å². The second kappa shape index (κ2) is 5.98. The number of amides is 2. The Morgan fingerprint density at radius 1 is 1.48 bits per heavy atom. The molecule has 1 spiro atoms. The van der Waals surface area contributed by atoms with Gasteiger partial charge in [-0.3, -0.25) is 9.69 Å². The van der Waals surface area contributed by atoms with E-state index in [0.717, 1.165) is 12.8 Å². The molecular formula is C16H24N4O5. The van der Waals surface area contributed by atoms with Crippen LogP contribution in [0.2, 0.25) is 0 Å². The van der Waals surface area contributed by atoms with Gasteiger partial charge in [-0.05, 0) is 40.5 Å². The van der Waals surface area contributed by atoms with E-state index in [2.05, 4.69) is 10.2 Å². The normalized spacial score (nSPS) is 25.9. The Hall–Kier alpha value is -2.16. The molecule has 1 N–H and O–H groups in total. The van der Waals surface area contributed by atoms with Crippen molar-refractivity contribution in [2.75, 3.05) is 13.1 Å². The number of carbonyl (C=O) groups is 2. The summed E-state index contributed by atoms with van der Waals surface area (Å²) in [5, 5.41) is 17.5. The molecule has 138 valence electrons. The minimum absolute atomic E-state index is 0.181. The van der Waals surface area contributed by atoms with Crippen LogP contribution < -0.4 is 0 Å². The van der Waals surface area contributed by atoms with Crippen LogP contribution in [0.25, 0.3) is 0 Å². The first-order chi connectivity index (χ1) is 11.7. The molecule has 2 amide bonds. The van der Waals surface area contributed by atoms with E-state index in [1.807, 2.05) is 0 Å². The number of rotatable bonds is 3. The van der Waals surface area contributed by atoms with E-state index >= 15 is 0 Å². The fourth-order valence-corrected chi connectivity index (χ4v) is 3.58. The first-order valence-corrected chi connectivity index (χ1v) is 8.41. The van der Waals surface area contributed by atoms with Crippen LogP contribution in [-0.2, 0) is 9.53 Å². The largest absolute Gasteiger partial charge is 0.444 e. The third kappa shape index (κ3) is 2.97. The lowest BCUT2D eigenvalue weighted by Gasteiger charge is -2.53. The minimum Gasteiger partial charge on any atom is -0.444 e. The Labute approximate surface area is 145 Å². The standard InChI is InChI=1S/C16H24N4O5/c1-10(21)11(12-18-17-9-24-12)19-8-16(13(19)22)6-5-7-20(16)14(23)25-15(2,3)4/h9-11,21H,5-8H2,1-4H3. The lowest BCUT2D eigenvalue weighted by molar-refractivity contribution is -0.170. The molecule has 0 saturated carbocycles. The summed E-state index contributed by atoms with van der Waals surface area (Å²) in [6.45, 7) is 7.73. The van der Waals surface area contributed by atoms with Gasteiger partial charge in [-0.2, -0.15) is 0 Å². The van der Waals surface area contributed by atoms with Crippen LogP contribution in [0.4, 0.5) is 4.79 Å². The highest BCUT2D eigenvalue weighted by molar-refractivity contribution is 5.96. The molecule has 3 heterocycles. The summed E-state index contributed by atoms with van der Waals surface area (Å²) in [7, 11) is 0. The third-order valence-electron chi connectivity index (χ3n) is 4.62. The highest BCUT2D eigenvalue weighted by Gasteiger charge is 2.62. The van der Waals surface area contributed by atoms with Gasteiger partial charge in [0.25, 0.3) is 5.91 Å².